The molecule has 1 saturated carbocycles. The number of halogens is 3. The van der Waals surface area contributed by atoms with E-state index in [0.717, 1.165) is 29.1 Å². The molecule has 0 spiro atoms. The number of esters is 1. The summed E-state index contributed by atoms with van der Waals surface area (Å²) in [5.74, 6) is -2.31. The maximum atomic E-state index is 13.7. The van der Waals surface area contributed by atoms with E-state index in [1.165, 1.54) is 7.11 Å². The molecule has 0 radical (unpaired) electrons. The number of rotatable bonds is 7. The highest BCUT2D eigenvalue weighted by molar-refractivity contribution is 5.89. The second-order valence-corrected chi connectivity index (χ2v) is 9.92. The minimum Gasteiger partial charge on any atom is -0.465 e. The average molecular weight is 489 g/mol. The number of carbonyl (C=O) groups excluding carboxylic acids is 2. The first-order valence-corrected chi connectivity index (χ1v) is 11.9. The summed E-state index contributed by atoms with van der Waals surface area (Å²) in [6, 6.07) is 16.0. The van der Waals surface area contributed by atoms with Gasteiger partial charge in [-0.25, -0.2) is 4.79 Å². The Morgan fingerprint density at radius 1 is 1.09 bits per heavy atom. The van der Waals surface area contributed by atoms with Gasteiger partial charge in [-0.3, -0.25) is 4.79 Å². The molecule has 2 atom stereocenters. The van der Waals surface area contributed by atoms with E-state index in [1.54, 1.807) is 18.2 Å². The first-order chi connectivity index (χ1) is 16.6. The zero-order valence-electron chi connectivity index (χ0n) is 20.1. The molecule has 1 aliphatic carbocycles. The zero-order valence-corrected chi connectivity index (χ0v) is 20.1. The van der Waals surface area contributed by atoms with Gasteiger partial charge in [-0.15, -0.1) is 0 Å². The van der Waals surface area contributed by atoms with E-state index in [2.05, 4.69) is 4.90 Å². The lowest BCUT2D eigenvalue weighted by Crippen LogP contribution is -2.52. The molecule has 1 saturated heterocycles. The third-order valence-corrected chi connectivity index (χ3v) is 7.37. The van der Waals surface area contributed by atoms with Crippen LogP contribution in [0, 0.1) is 5.41 Å². The second-order valence-electron chi connectivity index (χ2n) is 9.92. The van der Waals surface area contributed by atoms with Crippen LogP contribution in [0.3, 0.4) is 0 Å². The lowest BCUT2D eigenvalue weighted by molar-refractivity contribution is -0.188. The summed E-state index contributed by atoms with van der Waals surface area (Å²) < 4.78 is 46.0. The molecule has 2 aromatic carbocycles. The van der Waals surface area contributed by atoms with E-state index in [0.29, 0.717) is 31.2 Å². The van der Waals surface area contributed by atoms with Crippen molar-refractivity contribution in [1.29, 1.82) is 0 Å². The third-order valence-electron chi connectivity index (χ3n) is 7.37. The summed E-state index contributed by atoms with van der Waals surface area (Å²) in [5, 5.41) is 0. The van der Waals surface area contributed by atoms with Crippen LogP contribution >= 0.6 is 0 Å². The number of hydrogen-bond donors (Lipinski definition) is 0. The van der Waals surface area contributed by atoms with Gasteiger partial charge in [0, 0.05) is 18.5 Å². The molecule has 2 aromatic rings. The minimum atomic E-state index is -4.93. The normalized spacial score (nSPS) is 21.9. The standard InChI is InChI=1S/C27H31F3N2O3/c1-31-13-11-26(12-14-31,17-19-7-6-10-21(15-19)24(33)35-2)18-32(25(34)27(28,29)30)23-16-22(23)20-8-4-3-5-9-20/h3-10,15,22-23H,11-14,16-18H2,1-2H3. The number of hydrogen-bond acceptors (Lipinski definition) is 4. The second kappa shape index (κ2) is 10.0. The minimum absolute atomic E-state index is 0.0373. The Balaban J connectivity index is 1.63. The van der Waals surface area contributed by atoms with Gasteiger partial charge in [-0.1, -0.05) is 42.5 Å². The number of carbonyl (C=O) groups is 2. The number of piperidine rings is 1. The van der Waals surface area contributed by atoms with Gasteiger partial charge in [-0.2, -0.15) is 13.2 Å². The molecule has 0 aromatic heterocycles. The van der Waals surface area contributed by atoms with Crippen molar-refractivity contribution in [3.63, 3.8) is 0 Å². The zero-order chi connectivity index (χ0) is 25.2. The van der Waals surface area contributed by atoms with E-state index in [1.807, 2.05) is 43.4 Å². The lowest BCUT2D eigenvalue weighted by atomic mass is 9.73. The van der Waals surface area contributed by atoms with Crippen molar-refractivity contribution >= 4 is 11.9 Å². The Hall–Kier alpha value is -2.87. The number of methoxy groups -OCH3 is 1. The quantitative estimate of drug-likeness (QED) is 0.532. The van der Waals surface area contributed by atoms with Crippen molar-refractivity contribution in [1.82, 2.24) is 9.80 Å². The molecule has 0 bridgehead atoms. The fourth-order valence-corrected chi connectivity index (χ4v) is 5.29. The van der Waals surface area contributed by atoms with Crippen LogP contribution in [0.4, 0.5) is 13.2 Å². The first kappa shape index (κ1) is 25.2. The molecule has 1 heterocycles. The van der Waals surface area contributed by atoms with Gasteiger partial charge in [0.25, 0.3) is 0 Å². The fourth-order valence-electron chi connectivity index (χ4n) is 5.29. The van der Waals surface area contributed by atoms with Gasteiger partial charge in [0.15, 0.2) is 0 Å². The van der Waals surface area contributed by atoms with Crippen LogP contribution in [-0.4, -0.2) is 67.7 Å². The summed E-state index contributed by atoms with van der Waals surface area (Å²) in [6.45, 7) is 1.50. The molecule has 2 fully saturated rings. The van der Waals surface area contributed by atoms with Crippen molar-refractivity contribution in [2.24, 2.45) is 5.41 Å². The van der Waals surface area contributed by atoms with Gasteiger partial charge < -0.3 is 14.5 Å². The topological polar surface area (TPSA) is 49.9 Å². The Morgan fingerprint density at radius 2 is 1.77 bits per heavy atom. The van der Waals surface area contributed by atoms with E-state index >= 15 is 0 Å². The van der Waals surface area contributed by atoms with E-state index in [-0.39, 0.29) is 12.5 Å². The fraction of sp³-hybridized carbons (Fsp3) is 0.481. The van der Waals surface area contributed by atoms with Crippen LogP contribution in [0.5, 0.6) is 0 Å². The molecule has 8 heteroatoms. The smallest absolute Gasteiger partial charge is 0.465 e. The molecular formula is C27H31F3N2O3. The van der Waals surface area contributed by atoms with Gasteiger partial charge in [0.1, 0.15) is 0 Å². The molecular weight excluding hydrogens is 457 g/mol. The van der Waals surface area contributed by atoms with E-state index < -0.39 is 29.5 Å². The molecule has 1 amide bonds. The van der Waals surface area contributed by atoms with Crippen LogP contribution in [0.15, 0.2) is 54.6 Å². The van der Waals surface area contributed by atoms with Crippen molar-refractivity contribution in [3.8, 4) is 0 Å². The first-order valence-electron chi connectivity index (χ1n) is 11.9. The molecule has 35 heavy (non-hydrogen) atoms. The molecule has 0 N–H and O–H groups in total. The maximum absolute atomic E-state index is 13.7. The summed E-state index contributed by atoms with van der Waals surface area (Å²) >= 11 is 0. The number of benzene rings is 2. The largest absolute Gasteiger partial charge is 0.471 e. The lowest BCUT2D eigenvalue weighted by Gasteiger charge is -2.44. The summed E-state index contributed by atoms with van der Waals surface area (Å²) in [4.78, 5) is 27.9. The SMILES string of the molecule is COC(=O)c1cccc(CC2(CN(C(=O)C(F)(F)F)C3CC3c3ccccc3)CCN(C)CC2)c1. The highest BCUT2D eigenvalue weighted by atomic mass is 19.4. The average Bonchev–Trinajstić information content (AvgIpc) is 3.64. The molecule has 1 aliphatic heterocycles. The predicted octanol–water partition coefficient (Wildman–Crippen LogP) is 4.67. The van der Waals surface area contributed by atoms with E-state index in [4.69, 9.17) is 4.74 Å². The van der Waals surface area contributed by atoms with Crippen LogP contribution < -0.4 is 0 Å². The van der Waals surface area contributed by atoms with Crippen molar-refractivity contribution in [3.05, 3.63) is 71.3 Å². The molecule has 188 valence electrons. The molecule has 2 unspecified atom stereocenters. The number of amides is 1. The molecule has 4 rings (SSSR count). The molecule has 5 nitrogen and oxygen atoms in total. The number of nitrogens with zero attached hydrogens (tertiary/aromatic N) is 2. The predicted molar refractivity (Wildman–Crippen MR) is 126 cm³/mol. The van der Waals surface area contributed by atoms with Gasteiger partial charge in [0.2, 0.25) is 0 Å². The van der Waals surface area contributed by atoms with Gasteiger partial charge >= 0.3 is 18.1 Å². The Bertz CT molecular complexity index is 1050. The van der Waals surface area contributed by atoms with Crippen molar-refractivity contribution in [2.75, 3.05) is 33.8 Å². The summed E-state index contributed by atoms with van der Waals surface area (Å²) in [5.41, 5.74) is 1.70. The van der Waals surface area contributed by atoms with Crippen molar-refractivity contribution < 1.29 is 27.5 Å². The van der Waals surface area contributed by atoms with Gasteiger partial charge in [0.05, 0.1) is 12.7 Å². The van der Waals surface area contributed by atoms with E-state index in [9.17, 15) is 22.8 Å². The maximum Gasteiger partial charge on any atom is 0.471 e. The van der Waals surface area contributed by atoms with Crippen LogP contribution in [-0.2, 0) is 16.0 Å². The monoisotopic (exact) mass is 488 g/mol. The van der Waals surface area contributed by atoms with Crippen LogP contribution in [0.1, 0.15) is 46.7 Å². The number of ether oxygens (including phenoxy) is 1. The van der Waals surface area contributed by atoms with Crippen LogP contribution in [0.2, 0.25) is 0 Å². The highest BCUT2D eigenvalue weighted by Crippen LogP contribution is 2.48. The highest BCUT2D eigenvalue weighted by Gasteiger charge is 2.54. The van der Waals surface area contributed by atoms with Crippen molar-refractivity contribution in [2.45, 2.75) is 43.8 Å². The summed E-state index contributed by atoms with van der Waals surface area (Å²) in [7, 11) is 3.31. The Morgan fingerprint density at radius 3 is 2.40 bits per heavy atom. The Labute approximate surface area is 203 Å². The molecule has 2 aliphatic rings. The number of alkyl halides is 3. The third kappa shape index (κ3) is 5.86. The number of likely N-dealkylation sites (tertiary alicyclic amines) is 1. The Kier molecular flexibility index (Phi) is 7.22. The summed E-state index contributed by atoms with van der Waals surface area (Å²) in [6.07, 6.45) is -2.59. The van der Waals surface area contributed by atoms with Gasteiger partial charge in [-0.05, 0) is 74.5 Å². The van der Waals surface area contributed by atoms with Crippen LogP contribution in [0.25, 0.3) is 0 Å².